The van der Waals surface area contributed by atoms with Crippen LogP contribution in [0.1, 0.15) is 6.92 Å². The smallest absolute Gasteiger partial charge is 0.266 e. The molecular formula is C15H17FN2O2S. The number of sulfonamides is 1. The van der Waals surface area contributed by atoms with Gasteiger partial charge in [-0.25, -0.2) is 12.8 Å². The molecular weight excluding hydrogens is 291 g/mol. The number of hydrogen-bond acceptors (Lipinski definition) is 3. The molecule has 6 heteroatoms. The third-order valence-electron chi connectivity index (χ3n) is 3.13. The highest BCUT2D eigenvalue weighted by molar-refractivity contribution is 7.93. The van der Waals surface area contributed by atoms with Gasteiger partial charge in [-0.3, -0.25) is 4.31 Å². The fourth-order valence-electron chi connectivity index (χ4n) is 2.12. The van der Waals surface area contributed by atoms with Crippen LogP contribution in [0.3, 0.4) is 0 Å². The molecule has 112 valence electrons. The number of benzene rings is 2. The van der Waals surface area contributed by atoms with Crippen molar-refractivity contribution in [1.82, 2.24) is 0 Å². The minimum Gasteiger partial charge on any atom is -0.387 e. The summed E-state index contributed by atoms with van der Waals surface area (Å²) >= 11 is 0. The fraction of sp³-hybridized carbons (Fsp3) is 0.200. The Kier molecular flexibility index (Phi) is 4.47. The number of hydrogen-bond donors (Lipinski definition) is 1. The Morgan fingerprint density at radius 1 is 1.10 bits per heavy atom. The molecule has 2 rings (SSSR count). The van der Waals surface area contributed by atoms with E-state index in [0.29, 0.717) is 11.4 Å². The molecule has 21 heavy (non-hydrogen) atoms. The summed E-state index contributed by atoms with van der Waals surface area (Å²) in [5, 5.41) is 2.88. The molecule has 1 N–H and O–H groups in total. The lowest BCUT2D eigenvalue weighted by molar-refractivity contribution is 0.592. The lowest BCUT2D eigenvalue weighted by Crippen LogP contribution is -2.31. The first-order chi connectivity index (χ1) is 10.0. The monoisotopic (exact) mass is 308 g/mol. The van der Waals surface area contributed by atoms with Crippen molar-refractivity contribution >= 4 is 21.4 Å². The molecule has 0 spiro atoms. The van der Waals surface area contributed by atoms with Crippen molar-refractivity contribution in [2.24, 2.45) is 0 Å². The first kappa shape index (κ1) is 15.3. The molecule has 0 atom stereocenters. The van der Waals surface area contributed by atoms with Crippen molar-refractivity contribution in [2.75, 3.05) is 23.2 Å². The maximum atomic E-state index is 13.0. The van der Waals surface area contributed by atoms with Crippen LogP contribution in [-0.4, -0.2) is 22.0 Å². The summed E-state index contributed by atoms with van der Waals surface area (Å²) in [5.41, 5.74) is 0.961. The Balaban J connectivity index is 2.52. The molecule has 2 aromatic carbocycles. The summed E-state index contributed by atoms with van der Waals surface area (Å²) in [5.74, 6) is -0.400. The molecule has 0 saturated carbocycles. The van der Waals surface area contributed by atoms with E-state index in [9.17, 15) is 12.8 Å². The first-order valence-corrected chi connectivity index (χ1v) is 7.99. The van der Waals surface area contributed by atoms with Crippen LogP contribution < -0.4 is 9.62 Å². The highest BCUT2D eigenvalue weighted by Crippen LogP contribution is 2.28. The van der Waals surface area contributed by atoms with Gasteiger partial charge in [-0.05, 0) is 43.3 Å². The minimum absolute atomic E-state index is 0.193. The second-order valence-electron chi connectivity index (χ2n) is 4.39. The zero-order valence-electron chi connectivity index (χ0n) is 11.9. The van der Waals surface area contributed by atoms with Crippen molar-refractivity contribution in [2.45, 2.75) is 11.8 Å². The molecule has 0 radical (unpaired) electrons. The zero-order valence-corrected chi connectivity index (χ0v) is 12.7. The van der Waals surface area contributed by atoms with E-state index in [1.54, 1.807) is 38.2 Å². The van der Waals surface area contributed by atoms with Gasteiger partial charge in [0.15, 0.2) is 0 Å². The van der Waals surface area contributed by atoms with Crippen molar-refractivity contribution in [3.63, 3.8) is 0 Å². The van der Waals surface area contributed by atoms with Crippen molar-refractivity contribution in [3.05, 3.63) is 54.3 Å². The van der Waals surface area contributed by atoms with E-state index in [2.05, 4.69) is 5.32 Å². The molecule has 0 aromatic heterocycles. The number of nitrogens with one attached hydrogen (secondary N) is 1. The lowest BCUT2D eigenvalue weighted by Gasteiger charge is -2.24. The molecule has 0 aliphatic rings. The second kappa shape index (κ2) is 6.13. The number of para-hydroxylation sites is 1. The van der Waals surface area contributed by atoms with Crippen LogP contribution in [0, 0.1) is 5.82 Å². The second-order valence-corrected chi connectivity index (χ2v) is 6.22. The molecule has 0 unspecified atom stereocenters. The topological polar surface area (TPSA) is 49.4 Å². The van der Waals surface area contributed by atoms with Gasteiger partial charge in [-0.15, -0.1) is 0 Å². The van der Waals surface area contributed by atoms with Gasteiger partial charge in [0.25, 0.3) is 10.0 Å². The summed E-state index contributed by atoms with van der Waals surface area (Å²) in [7, 11) is -2.04. The third kappa shape index (κ3) is 3.00. The van der Waals surface area contributed by atoms with Crippen LogP contribution in [0.4, 0.5) is 15.8 Å². The maximum Gasteiger partial charge on any atom is 0.266 e. The molecule has 0 heterocycles. The fourth-order valence-corrected chi connectivity index (χ4v) is 3.79. The Labute approximate surface area is 124 Å². The van der Waals surface area contributed by atoms with Gasteiger partial charge in [0.1, 0.15) is 10.7 Å². The van der Waals surface area contributed by atoms with Crippen LogP contribution in [0.25, 0.3) is 0 Å². The molecule has 0 bridgehead atoms. The van der Waals surface area contributed by atoms with Crippen molar-refractivity contribution < 1.29 is 12.8 Å². The van der Waals surface area contributed by atoms with E-state index in [4.69, 9.17) is 0 Å². The molecule has 0 aliphatic carbocycles. The van der Waals surface area contributed by atoms with Crippen LogP contribution in [-0.2, 0) is 10.0 Å². The van der Waals surface area contributed by atoms with Gasteiger partial charge in [-0.1, -0.05) is 12.1 Å². The largest absolute Gasteiger partial charge is 0.387 e. The molecule has 4 nitrogen and oxygen atoms in total. The molecule has 0 aliphatic heterocycles. The van der Waals surface area contributed by atoms with Gasteiger partial charge in [0.05, 0.1) is 11.4 Å². The van der Waals surface area contributed by atoms with Crippen molar-refractivity contribution in [1.29, 1.82) is 0 Å². The summed E-state index contributed by atoms with van der Waals surface area (Å²) in [6, 6.07) is 12.1. The first-order valence-electron chi connectivity index (χ1n) is 6.55. The summed E-state index contributed by atoms with van der Waals surface area (Å²) < 4.78 is 39.9. The zero-order chi connectivity index (χ0) is 15.5. The van der Waals surface area contributed by atoms with Gasteiger partial charge < -0.3 is 5.32 Å². The number of halogens is 1. The Morgan fingerprint density at radius 3 is 2.29 bits per heavy atom. The van der Waals surface area contributed by atoms with Gasteiger partial charge in [0.2, 0.25) is 0 Å². The van der Waals surface area contributed by atoms with E-state index in [-0.39, 0.29) is 11.4 Å². The lowest BCUT2D eigenvalue weighted by atomic mass is 10.3. The maximum absolute atomic E-state index is 13.0. The molecule has 2 aromatic rings. The van der Waals surface area contributed by atoms with Crippen LogP contribution in [0.15, 0.2) is 53.4 Å². The summed E-state index contributed by atoms with van der Waals surface area (Å²) in [6.45, 7) is 1.99. The Bertz CT molecular complexity index is 715. The SMILES string of the molecule is CCN(c1ccc(F)cc1)S(=O)(=O)c1ccccc1NC. The normalized spacial score (nSPS) is 11.2. The quantitative estimate of drug-likeness (QED) is 0.923. The predicted molar refractivity (Wildman–Crippen MR) is 82.6 cm³/mol. The Hall–Kier alpha value is -2.08. The van der Waals surface area contributed by atoms with Gasteiger partial charge in [-0.2, -0.15) is 0 Å². The van der Waals surface area contributed by atoms with Crippen LogP contribution >= 0.6 is 0 Å². The van der Waals surface area contributed by atoms with E-state index in [1.165, 1.54) is 28.6 Å². The van der Waals surface area contributed by atoms with Gasteiger partial charge >= 0.3 is 0 Å². The summed E-state index contributed by atoms with van der Waals surface area (Å²) in [4.78, 5) is 0.193. The molecule has 0 amide bonds. The average molecular weight is 308 g/mol. The molecule has 0 saturated heterocycles. The average Bonchev–Trinajstić information content (AvgIpc) is 2.49. The molecule has 0 fully saturated rings. The number of rotatable bonds is 5. The summed E-state index contributed by atoms with van der Waals surface area (Å²) in [6.07, 6.45) is 0. The van der Waals surface area contributed by atoms with Crippen molar-refractivity contribution in [3.8, 4) is 0 Å². The third-order valence-corrected chi connectivity index (χ3v) is 5.09. The van der Waals surface area contributed by atoms with E-state index < -0.39 is 15.8 Å². The number of nitrogens with zero attached hydrogens (tertiary/aromatic N) is 1. The minimum atomic E-state index is -3.71. The highest BCUT2D eigenvalue weighted by atomic mass is 32.2. The van der Waals surface area contributed by atoms with E-state index >= 15 is 0 Å². The van der Waals surface area contributed by atoms with Crippen LogP contribution in [0.2, 0.25) is 0 Å². The highest BCUT2D eigenvalue weighted by Gasteiger charge is 2.25. The van der Waals surface area contributed by atoms with E-state index in [0.717, 1.165) is 0 Å². The standard InChI is InChI=1S/C15H17FN2O2S/c1-3-18(13-10-8-12(16)9-11-13)21(19,20)15-7-5-4-6-14(15)17-2/h4-11,17H,3H2,1-2H3. The van der Waals surface area contributed by atoms with Gasteiger partial charge in [0, 0.05) is 13.6 Å². The Morgan fingerprint density at radius 2 is 1.71 bits per heavy atom. The predicted octanol–water partition coefficient (Wildman–Crippen LogP) is 3.08. The van der Waals surface area contributed by atoms with Crippen LogP contribution in [0.5, 0.6) is 0 Å². The number of anilines is 2. The van der Waals surface area contributed by atoms with E-state index in [1.807, 2.05) is 0 Å².